The first-order valence-electron chi connectivity index (χ1n) is 9.64. The van der Waals surface area contributed by atoms with Gasteiger partial charge < -0.3 is 19.4 Å². The van der Waals surface area contributed by atoms with Crippen LogP contribution in [0.5, 0.6) is 11.5 Å². The van der Waals surface area contributed by atoms with E-state index in [1.54, 1.807) is 7.11 Å². The molecule has 31 heavy (non-hydrogen) atoms. The molecule has 0 aliphatic rings. The number of anilines is 1. The van der Waals surface area contributed by atoms with E-state index < -0.39 is 0 Å². The van der Waals surface area contributed by atoms with Gasteiger partial charge in [0.1, 0.15) is 6.61 Å². The molecule has 0 fully saturated rings. The molecule has 3 aromatic rings. The minimum Gasteiger partial charge on any atom is -0.493 e. The molecule has 0 saturated heterocycles. The molecule has 7 nitrogen and oxygen atoms in total. The minimum absolute atomic E-state index is 0.0972. The van der Waals surface area contributed by atoms with Crippen LogP contribution in [0, 0.1) is 20.8 Å². The standard InChI is InChI=1S/C22H25BrN4O3S/c1-13-6-9-18(19(10-13)29-5)30-11-20-25-26-22(27(20)4)31-12-21(28)24-17-8-7-16(23)14(2)15(17)3/h6-10H,11-12H2,1-5H3,(H,24,28). The monoisotopic (exact) mass is 504 g/mol. The van der Waals surface area contributed by atoms with Crippen LogP contribution >= 0.6 is 27.7 Å². The van der Waals surface area contributed by atoms with Gasteiger partial charge in [0.2, 0.25) is 5.91 Å². The summed E-state index contributed by atoms with van der Waals surface area (Å²) in [5.74, 6) is 2.11. The Labute approximate surface area is 194 Å². The molecule has 1 N–H and O–H groups in total. The predicted molar refractivity (Wildman–Crippen MR) is 126 cm³/mol. The summed E-state index contributed by atoms with van der Waals surface area (Å²) in [6, 6.07) is 9.58. The van der Waals surface area contributed by atoms with Gasteiger partial charge in [0, 0.05) is 17.2 Å². The molecule has 0 unspecified atom stereocenters. The Kier molecular flexibility index (Phi) is 7.61. The van der Waals surface area contributed by atoms with Crippen molar-refractivity contribution in [3.8, 4) is 11.5 Å². The van der Waals surface area contributed by atoms with Gasteiger partial charge in [-0.2, -0.15) is 0 Å². The molecule has 2 aromatic carbocycles. The van der Waals surface area contributed by atoms with Gasteiger partial charge in [-0.25, -0.2) is 0 Å². The molecule has 0 radical (unpaired) electrons. The molecule has 1 aromatic heterocycles. The number of aromatic nitrogens is 3. The number of ether oxygens (including phenoxy) is 2. The van der Waals surface area contributed by atoms with Crippen molar-refractivity contribution in [3.63, 3.8) is 0 Å². The zero-order valence-corrected chi connectivity index (χ0v) is 20.6. The van der Waals surface area contributed by atoms with Crippen LogP contribution in [0.3, 0.4) is 0 Å². The SMILES string of the molecule is COc1cc(C)ccc1OCc1nnc(SCC(=O)Nc2ccc(Br)c(C)c2C)n1C. The molecule has 0 aliphatic heterocycles. The van der Waals surface area contributed by atoms with Crippen LogP contribution < -0.4 is 14.8 Å². The maximum Gasteiger partial charge on any atom is 0.234 e. The fraction of sp³-hybridized carbons (Fsp3) is 0.318. The smallest absolute Gasteiger partial charge is 0.234 e. The zero-order chi connectivity index (χ0) is 22.5. The molecule has 0 atom stereocenters. The third-order valence-corrected chi connectivity index (χ3v) is 6.81. The Morgan fingerprint density at radius 3 is 2.65 bits per heavy atom. The predicted octanol–water partition coefficient (Wildman–Crippen LogP) is 4.82. The normalized spacial score (nSPS) is 10.8. The highest BCUT2D eigenvalue weighted by molar-refractivity contribution is 9.10. The average Bonchev–Trinajstić information content (AvgIpc) is 3.11. The lowest BCUT2D eigenvalue weighted by Crippen LogP contribution is -2.15. The maximum absolute atomic E-state index is 12.4. The van der Waals surface area contributed by atoms with Gasteiger partial charge in [-0.05, 0) is 61.7 Å². The summed E-state index contributed by atoms with van der Waals surface area (Å²) in [6.07, 6.45) is 0. The van der Waals surface area contributed by atoms with E-state index in [2.05, 4.69) is 31.4 Å². The van der Waals surface area contributed by atoms with Crippen molar-refractivity contribution in [1.29, 1.82) is 0 Å². The lowest BCUT2D eigenvalue weighted by Gasteiger charge is -2.12. The number of amides is 1. The molecule has 0 aliphatic carbocycles. The molecule has 164 valence electrons. The quantitative estimate of drug-likeness (QED) is 0.443. The summed E-state index contributed by atoms with van der Waals surface area (Å²) >= 11 is 4.83. The molecular weight excluding hydrogens is 480 g/mol. The number of nitrogens with zero attached hydrogens (tertiary/aromatic N) is 3. The second kappa shape index (κ2) is 10.2. The first-order valence-corrected chi connectivity index (χ1v) is 11.4. The van der Waals surface area contributed by atoms with E-state index in [9.17, 15) is 4.79 Å². The topological polar surface area (TPSA) is 78.3 Å². The molecule has 0 saturated carbocycles. The molecular formula is C22H25BrN4O3S. The van der Waals surface area contributed by atoms with Crippen molar-refractivity contribution in [1.82, 2.24) is 14.8 Å². The Balaban J connectivity index is 1.58. The van der Waals surface area contributed by atoms with Crippen molar-refractivity contribution in [2.24, 2.45) is 7.05 Å². The van der Waals surface area contributed by atoms with E-state index in [4.69, 9.17) is 9.47 Å². The van der Waals surface area contributed by atoms with Crippen molar-refractivity contribution >= 4 is 39.3 Å². The summed E-state index contributed by atoms with van der Waals surface area (Å²) in [5.41, 5.74) is 4.05. The van der Waals surface area contributed by atoms with Gasteiger partial charge in [-0.3, -0.25) is 4.79 Å². The highest BCUT2D eigenvalue weighted by atomic mass is 79.9. The van der Waals surface area contributed by atoms with E-state index in [0.717, 1.165) is 26.9 Å². The van der Waals surface area contributed by atoms with Gasteiger partial charge >= 0.3 is 0 Å². The summed E-state index contributed by atoms with van der Waals surface area (Å²) < 4.78 is 14.1. The van der Waals surface area contributed by atoms with Crippen LogP contribution in [-0.4, -0.2) is 33.5 Å². The number of halogens is 1. The van der Waals surface area contributed by atoms with Crippen molar-refractivity contribution < 1.29 is 14.3 Å². The van der Waals surface area contributed by atoms with Crippen molar-refractivity contribution in [2.75, 3.05) is 18.2 Å². The number of rotatable bonds is 8. The molecule has 1 amide bonds. The molecule has 9 heteroatoms. The number of hydrogen-bond donors (Lipinski definition) is 1. The van der Waals surface area contributed by atoms with E-state index in [-0.39, 0.29) is 18.3 Å². The van der Waals surface area contributed by atoms with Gasteiger partial charge in [-0.1, -0.05) is 33.8 Å². The summed E-state index contributed by atoms with van der Waals surface area (Å²) in [7, 11) is 3.47. The second-order valence-corrected chi connectivity index (χ2v) is 8.88. The summed E-state index contributed by atoms with van der Waals surface area (Å²) in [6.45, 7) is 6.24. The first-order chi connectivity index (χ1) is 14.8. The van der Waals surface area contributed by atoms with Gasteiger partial charge in [-0.15, -0.1) is 10.2 Å². The Morgan fingerprint density at radius 2 is 1.90 bits per heavy atom. The van der Waals surface area contributed by atoms with Crippen molar-refractivity contribution in [3.05, 3.63) is 57.3 Å². The Morgan fingerprint density at radius 1 is 1.13 bits per heavy atom. The summed E-state index contributed by atoms with van der Waals surface area (Å²) in [4.78, 5) is 12.4. The van der Waals surface area contributed by atoms with E-state index in [0.29, 0.717) is 22.5 Å². The van der Waals surface area contributed by atoms with E-state index in [1.807, 2.05) is 62.7 Å². The lowest BCUT2D eigenvalue weighted by atomic mass is 10.1. The van der Waals surface area contributed by atoms with Crippen molar-refractivity contribution in [2.45, 2.75) is 32.5 Å². The van der Waals surface area contributed by atoms with Crippen LogP contribution in [0.2, 0.25) is 0 Å². The second-order valence-electron chi connectivity index (χ2n) is 7.08. The lowest BCUT2D eigenvalue weighted by molar-refractivity contribution is -0.113. The molecule has 1 heterocycles. The maximum atomic E-state index is 12.4. The highest BCUT2D eigenvalue weighted by Gasteiger charge is 2.14. The third-order valence-electron chi connectivity index (χ3n) is 4.93. The number of nitrogens with one attached hydrogen (secondary N) is 1. The van der Waals surface area contributed by atoms with Gasteiger partial charge in [0.25, 0.3) is 0 Å². The van der Waals surface area contributed by atoms with Crippen LogP contribution in [-0.2, 0) is 18.4 Å². The first kappa shape index (κ1) is 23.1. The number of carbonyl (C=O) groups is 1. The fourth-order valence-corrected chi connectivity index (χ4v) is 4.03. The third kappa shape index (κ3) is 5.59. The van der Waals surface area contributed by atoms with Gasteiger partial charge in [0.05, 0.1) is 12.9 Å². The number of benzene rings is 2. The fourth-order valence-electron chi connectivity index (χ4n) is 2.87. The number of carbonyl (C=O) groups excluding carboxylic acids is 1. The Bertz CT molecular complexity index is 1100. The molecule has 0 spiro atoms. The number of aryl methyl sites for hydroxylation is 1. The van der Waals surface area contributed by atoms with Crippen LogP contribution in [0.4, 0.5) is 5.69 Å². The zero-order valence-electron chi connectivity index (χ0n) is 18.2. The average molecular weight is 505 g/mol. The number of hydrogen-bond acceptors (Lipinski definition) is 6. The summed E-state index contributed by atoms with van der Waals surface area (Å²) in [5, 5.41) is 12.0. The number of thioether (sulfide) groups is 1. The van der Waals surface area contributed by atoms with Crippen LogP contribution in [0.15, 0.2) is 40.0 Å². The molecule has 0 bridgehead atoms. The van der Waals surface area contributed by atoms with E-state index in [1.165, 1.54) is 11.8 Å². The Hall–Kier alpha value is -2.52. The largest absolute Gasteiger partial charge is 0.493 e. The van der Waals surface area contributed by atoms with Crippen LogP contribution in [0.1, 0.15) is 22.5 Å². The minimum atomic E-state index is -0.0972. The highest BCUT2D eigenvalue weighted by Crippen LogP contribution is 2.29. The molecule has 3 rings (SSSR count). The van der Waals surface area contributed by atoms with E-state index >= 15 is 0 Å². The van der Waals surface area contributed by atoms with Crippen LogP contribution in [0.25, 0.3) is 0 Å². The van der Waals surface area contributed by atoms with Gasteiger partial charge in [0.15, 0.2) is 22.5 Å². The number of methoxy groups -OCH3 is 1.